The molecule has 0 aliphatic rings. The van der Waals surface area contributed by atoms with Gasteiger partial charge in [0.15, 0.2) is 0 Å². The SMILES string of the molecule is C=C[Si](OCC(C)Cl)(OCC(C)Cl)OCC(C)Cl. The third kappa shape index (κ3) is 8.75. The molecular weight excluding hydrogens is 315 g/mol. The van der Waals surface area contributed by atoms with E-state index >= 15 is 0 Å². The molecule has 0 fully saturated rings. The summed E-state index contributed by atoms with van der Waals surface area (Å²) in [6, 6.07) is 0. The highest BCUT2D eigenvalue weighted by molar-refractivity contribution is 6.66. The second-order valence-corrected chi connectivity index (χ2v) is 8.80. The van der Waals surface area contributed by atoms with Crippen LogP contribution in [-0.4, -0.2) is 44.8 Å². The summed E-state index contributed by atoms with van der Waals surface area (Å²) in [7, 11) is -2.95. The molecule has 0 spiro atoms. The molecule has 3 unspecified atom stereocenters. The average molecular weight is 336 g/mol. The normalized spacial score (nSPS) is 19.9. The molecule has 0 bridgehead atoms. The highest BCUT2D eigenvalue weighted by Gasteiger charge is 2.39. The molecule has 0 aliphatic carbocycles. The fourth-order valence-corrected chi connectivity index (χ4v) is 3.55. The van der Waals surface area contributed by atoms with Gasteiger partial charge in [-0.05, 0) is 26.5 Å². The largest absolute Gasteiger partial charge is 0.529 e. The molecular formula is C11H21Cl3O3Si. The molecule has 3 nitrogen and oxygen atoms in total. The van der Waals surface area contributed by atoms with Gasteiger partial charge in [-0.3, -0.25) is 0 Å². The van der Waals surface area contributed by atoms with Crippen molar-refractivity contribution in [1.29, 1.82) is 0 Å². The maximum absolute atomic E-state index is 5.87. The fourth-order valence-electron chi connectivity index (χ4n) is 0.995. The minimum absolute atomic E-state index is 0.133. The van der Waals surface area contributed by atoms with E-state index in [1.807, 2.05) is 20.8 Å². The van der Waals surface area contributed by atoms with Crippen molar-refractivity contribution < 1.29 is 13.3 Å². The maximum Gasteiger partial charge on any atom is 0.529 e. The molecule has 18 heavy (non-hydrogen) atoms. The zero-order valence-electron chi connectivity index (χ0n) is 11.0. The first-order valence-electron chi connectivity index (χ1n) is 5.79. The van der Waals surface area contributed by atoms with Crippen LogP contribution in [-0.2, 0) is 13.3 Å². The highest BCUT2D eigenvalue weighted by Crippen LogP contribution is 2.15. The minimum Gasteiger partial charge on any atom is -0.369 e. The molecule has 7 heteroatoms. The van der Waals surface area contributed by atoms with Crippen molar-refractivity contribution in [2.24, 2.45) is 0 Å². The Balaban J connectivity index is 4.54. The summed E-state index contributed by atoms with van der Waals surface area (Å²) < 4.78 is 17.0. The van der Waals surface area contributed by atoms with E-state index in [4.69, 9.17) is 48.1 Å². The molecule has 0 N–H and O–H groups in total. The van der Waals surface area contributed by atoms with Gasteiger partial charge in [0.1, 0.15) is 0 Å². The lowest BCUT2D eigenvalue weighted by Gasteiger charge is -2.28. The van der Waals surface area contributed by atoms with Crippen molar-refractivity contribution in [3.8, 4) is 0 Å². The maximum atomic E-state index is 5.87. The van der Waals surface area contributed by atoms with Crippen LogP contribution in [0.1, 0.15) is 20.8 Å². The standard InChI is InChI=1S/C11H21Cl3O3Si/c1-5-18(15-6-9(2)12,16-7-10(3)13)17-8-11(4)14/h5,9-11H,1,6-8H2,2-4H3. The van der Waals surface area contributed by atoms with Crippen LogP contribution in [0.15, 0.2) is 12.3 Å². The van der Waals surface area contributed by atoms with Gasteiger partial charge < -0.3 is 13.3 Å². The van der Waals surface area contributed by atoms with Crippen LogP contribution in [0.2, 0.25) is 0 Å². The van der Waals surface area contributed by atoms with Crippen molar-refractivity contribution in [3.63, 3.8) is 0 Å². The minimum atomic E-state index is -2.95. The van der Waals surface area contributed by atoms with E-state index in [0.29, 0.717) is 19.8 Å². The topological polar surface area (TPSA) is 27.7 Å². The number of rotatable bonds is 10. The molecule has 0 aromatic rings. The summed E-state index contributed by atoms with van der Waals surface area (Å²) in [5, 5.41) is -0.400. The Bertz CT molecular complexity index is 206. The van der Waals surface area contributed by atoms with Crippen molar-refractivity contribution >= 4 is 43.6 Å². The molecule has 0 aliphatic heterocycles. The smallest absolute Gasteiger partial charge is 0.369 e. The Kier molecular flexibility index (Phi) is 9.96. The molecule has 108 valence electrons. The summed E-state index contributed by atoms with van der Waals surface area (Å²) in [6.45, 7) is 10.2. The van der Waals surface area contributed by atoms with E-state index < -0.39 is 8.80 Å². The molecule has 0 saturated carbocycles. The second kappa shape index (κ2) is 9.59. The van der Waals surface area contributed by atoms with E-state index in [-0.39, 0.29) is 16.1 Å². The Hall–Kier alpha value is 0.707. The fraction of sp³-hybridized carbons (Fsp3) is 0.818. The molecule has 0 amide bonds. The quantitative estimate of drug-likeness (QED) is 0.451. The van der Waals surface area contributed by atoms with Gasteiger partial charge in [-0.25, -0.2) is 0 Å². The van der Waals surface area contributed by atoms with E-state index in [1.165, 1.54) is 0 Å². The summed E-state index contributed by atoms with van der Waals surface area (Å²) >= 11 is 17.6. The van der Waals surface area contributed by atoms with E-state index in [9.17, 15) is 0 Å². The van der Waals surface area contributed by atoms with Crippen molar-refractivity contribution in [3.05, 3.63) is 12.3 Å². The summed E-state index contributed by atoms with van der Waals surface area (Å²) in [5.74, 6) is 0. The van der Waals surface area contributed by atoms with Gasteiger partial charge in [0.05, 0.1) is 36.0 Å². The van der Waals surface area contributed by atoms with Gasteiger partial charge in [-0.1, -0.05) is 6.58 Å². The molecule has 0 radical (unpaired) electrons. The number of hydrogen-bond acceptors (Lipinski definition) is 3. The molecule has 0 aromatic heterocycles. The van der Waals surface area contributed by atoms with Crippen molar-refractivity contribution in [2.75, 3.05) is 19.8 Å². The van der Waals surface area contributed by atoms with Gasteiger partial charge in [-0.15, -0.1) is 34.8 Å². The number of hydrogen-bond donors (Lipinski definition) is 0. The van der Waals surface area contributed by atoms with Crippen LogP contribution in [0.4, 0.5) is 0 Å². The Morgan fingerprint density at radius 1 is 0.889 bits per heavy atom. The Morgan fingerprint density at radius 3 is 1.33 bits per heavy atom. The van der Waals surface area contributed by atoms with Crippen molar-refractivity contribution in [1.82, 2.24) is 0 Å². The van der Waals surface area contributed by atoms with E-state index in [1.54, 1.807) is 5.70 Å². The van der Waals surface area contributed by atoms with Crippen LogP contribution in [0.3, 0.4) is 0 Å². The summed E-state index contributed by atoms with van der Waals surface area (Å²) in [5.41, 5.74) is 1.57. The molecule has 0 saturated heterocycles. The third-order valence-corrected chi connectivity index (χ3v) is 4.38. The van der Waals surface area contributed by atoms with Crippen LogP contribution in [0, 0.1) is 0 Å². The lowest BCUT2D eigenvalue weighted by Crippen LogP contribution is -2.47. The van der Waals surface area contributed by atoms with E-state index in [0.717, 1.165) is 0 Å². The average Bonchev–Trinajstić information content (AvgIpc) is 2.28. The zero-order chi connectivity index (χ0) is 14.2. The second-order valence-electron chi connectivity index (χ2n) is 4.08. The first-order valence-corrected chi connectivity index (χ1v) is 8.90. The lowest BCUT2D eigenvalue weighted by molar-refractivity contribution is 0.0736. The number of alkyl halides is 3. The molecule has 0 aromatic carbocycles. The molecule has 0 heterocycles. The van der Waals surface area contributed by atoms with Gasteiger partial charge >= 0.3 is 8.80 Å². The lowest BCUT2D eigenvalue weighted by atomic mass is 10.5. The molecule has 0 rings (SSSR count). The highest BCUT2D eigenvalue weighted by atomic mass is 35.5. The predicted octanol–water partition coefficient (Wildman–Crippen LogP) is 3.58. The third-order valence-electron chi connectivity index (χ3n) is 1.79. The monoisotopic (exact) mass is 334 g/mol. The van der Waals surface area contributed by atoms with Gasteiger partial charge in [0, 0.05) is 0 Å². The zero-order valence-corrected chi connectivity index (χ0v) is 14.3. The van der Waals surface area contributed by atoms with E-state index in [2.05, 4.69) is 6.58 Å². The Labute approximate surface area is 126 Å². The first-order chi connectivity index (χ1) is 8.31. The number of halogens is 3. The van der Waals surface area contributed by atoms with Crippen molar-refractivity contribution in [2.45, 2.75) is 36.9 Å². The predicted molar refractivity (Wildman–Crippen MR) is 79.8 cm³/mol. The Morgan fingerprint density at radius 2 is 1.17 bits per heavy atom. The van der Waals surface area contributed by atoms with Gasteiger partial charge in [0.25, 0.3) is 0 Å². The van der Waals surface area contributed by atoms with Crippen LogP contribution in [0.5, 0.6) is 0 Å². The van der Waals surface area contributed by atoms with Crippen LogP contribution in [0.25, 0.3) is 0 Å². The summed E-state index contributed by atoms with van der Waals surface area (Å²) in [4.78, 5) is 0. The van der Waals surface area contributed by atoms with Gasteiger partial charge in [-0.2, -0.15) is 0 Å². The van der Waals surface area contributed by atoms with Crippen LogP contribution < -0.4 is 0 Å². The van der Waals surface area contributed by atoms with Gasteiger partial charge in [0.2, 0.25) is 0 Å². The van der Waals surface area contributed by atoms with Crippen LogP contribution >= 0.6 is 34.8 Å². The summed E-state index contributed by atoms with van der Waals surface area (Å²) in [6.07, 6.45) is 0. The molecule has 3 atom stereocenters. The first kappa shape index (κ1) is 18.7.